The molecule has 5 nitrogen and oxygen atoms in total. The molecular formula is C31H27ClF3NO4. The third-order valence-electron chi connectivity index (χ3n) is 7.77. The lowest BCUT2D eigenvalue weighted by Gasteiger charge is -2.37. The van der Waals surface area contributed by atoms with Crippen LogP contribution in [0.2, 0.25) is 5.02 Å². The van der Waals surface area contributed by atoms with Crippen LogP contribution < -0.4 is 4.74 Å². The second kappa shape index (κ2) is 10.4. The summed E-state index contributed by atoms with van der Waals surface area (Å²) in [4.78, 5) is 16.2. The number of benzene rings is 3. The van der Waals surface area contributed by atoms with E-state index in [-0.39, 0.29) is 28.7 Å². The Morgan fingerprint density at radius 1 is 1.07 bits per heavy atom. The lowest BCUT2D eigenvalue weighted by molar-refractivity contribution is -0.274. The van der Waals surface area contributed by atoms with Crippen LogP contribution in [-0.2, 0) is 27.2 Å². The summed E-state index contributed by atoms with van der Waals surface area (Å²) in [6.07, 6.45) is -2.45. The number of hydrogen-bond donors (Lipinski definition) is 1. The first-order valence-electron chi connectivity index (χ1n) is 12.7. The second-order valence-electron chi connectivity index (χ2n) is 10.1. The van der Waals surface area contributed by atoms with Gasteiger partial charge < -0.3 is 14.6 Å². The van der Waals surface area contributed by atoms with E-state index >= 15 is 0 Å². The van der Waals surface area contributed by atoms with Gasteiger partial charge in [0.1, 0.15) is 12.4 Å². The van der Waals surface area contributed by atoms with Crippen molar-refractivity contribution in [2.45, 2.75) is 49.5 Å². The van der Waals surface area contributed by atoms with Crippen LogP contribution in [0.1, 0.15) is 47.9 Å². The minimum absolute atomic E-state index is 0.0329. The Morgan fingerprint density at radius 3 is 2.40 bits per heavy atom. The van der Waals surface area contributed by atoms with E-state index in [1.807, 2.05) is 24.3 Å². The molecular weight excluding hydrogens is 543 g/mol. The number of aromatic nitrogens is 1. The van der Waals surface area contributed by atoms with Crippen LogP contribution in [0.3, 0.4) is 0 Å². The average molecular weight is 570 g/mol. The molecule has 0 spiro atoms. The fraction of sp³-hybridized carbons (Fsp3) is 0.290. The van der Waals surface area contributed by atoms with Crippen molar-refractivity contribution >= 4 is 28.5 Å². The van der Waals surface area contributed by atoms with Crippen molar-refractivity contribution in [3.63, 3.8) is 0 Å². The Bertz CT molecular complexity index is 1550. The molecule has 1 aliphatic rings. The van der Waals surface area contributed by atoms with Gasteiger partial charge in [-0.15, -0.1) is 0 Å². The first-order valence-corrected chi connectivity index (χ1v) is 13.1. The Hall–Kier alpha value is -3.62. The van der Waals surface area contributed by atoms with Crippen LogP contribution in [0.25, 0.3) is 10.9 Å². The van der Waals surface area contributed by atoms with Gasteiger partial charge in [-0.2, -0.15) is 13.2 Å². The Balaban J connectivity index is 1.34. The molecule has 3 aromatic carbocycles. The molecule has 0 bridgehead atoms. The summed E-state index contributed by atoms with van der Waals surface area (Å²) >= 11 is 6.45. The summed E-state index contributed by atoms with van der Waals surface area (Å²) in [5.74, 6) is -1.33. The molecule has 1 saturated carbocycles. The zero-order valence-electron chi connectivity index (χ0n) is 21.8. The molecule has 9 heteroatoms. The fourth-order valence-electron chi connectivity index (χ4n) is 5.13. The van der Waals surface area contributed by atoms with Gasteiger partial charge in [-0.1, -0.05) is 67.1 Å². The molecule has 2 atom stereocenters. The van der Waals surface area contributed by atoms with Crippen molar-refractivity contribution in [3.05, 3.63) is 106 Å². The highest BCUT2D eigenvalue weighted by atomic mass is 35.5. The van der Waals surface area contributed by atoms with Crippen molar-refractivity contribution in [2.75, 3.05) is 7.11 Å². The average Bonchev–Trinajstić information content (AvgIpc) is 3.76. The maximum absolute atomic E-state index is 14.4. The monoisotopic (exact) mass is 569 g/mol. The third kappa shape index (κ3) is 4.90. The maximum Gasteiger partial charge on any atom is 0.422 e. The van der Waals surface area contributed by atoms with Crippen molar-refractivity contribution in [1.29, 1.82) is 0 Å². The van der Waals surface area contributed by atoms with Gasteiger partial charge in [0.25, 0.3) is 0 Å². The molecule has 0 amide bonds. The predicted molar refractivity (Wildman–Crippen MR) is 145 cm³/mol. The molecule has 40 heavy (non-hydrogen) atoms. The predicted octanol–water partition coefficient (Wildman–Crippen LogP) is 7.23. The topological polar surface area (TPSA) is 68.7 Å². The van der Waals surface area contributed by atoms with Crippen LogP contribution in [0.4, 0.5) is 13.2 Å². The summed E-state index contributed by atoms with van der Waals surface area (Å²) in [6.45, 7) is 1.47. The van der Waals surface area contributed by atoms with Gasteiger partial charge in [0.15, 0.2) is 5.60 Å². The molecule has 1 aromatic heterocycles. The Morgan fingerprint density at radius 2 is 1.77 bits per heavy atom. The van der Waals surface area contributed by atoms with E-state index in [0.29, 0.717) is 16.7 Å². The summed E-state index contributed by atoms with van der Waals surface area (Å²) in [6, 6.07) is 19.9. The quantitative estimate of drug-likeness (QED) is 0.227. The third-order valence-corrected chi connectivity index (χ3v) is 8.09. The van der Waals surface area contributed by atoms with Crippen molar-refractivity contribution < 1.29 is 32.5 Å². The molecule has 1 heterocycles. The summed E-state index contributed by atoms with van der Waals surface area (Å²) in [7, 11) is 1.38. The number of halogens is 4. The smallest absolute Gasteiger partial charge is 0.422 e. The first kappa shape index (κ1) is 27.9. The van der Waals surface area contributed by atoms with Crippen molar-refractivity contribution in [3.8, 4) is 5.75 Å². The number of esters is 1. The largest absolute Gasteiger partial charge is 0.489 e. The maximum atomic E-state index is 14.4. The van der Waals surface area contributed by atoms with Crippen LogP contribution >= 0.6 is 11.6 Å². The number of ether oxygens (including phenoxy) is 2. The number of pyridine rings is 1. The van der Waals surface area contributed by atoms with Gasteiger partial charge in [-0.05, 0) is 53.8 Å². The number of methoxy groups -OCH3 is 1. The number of aliphatic hydroxyl groups is 1. The normalized spacial score (nSPS) is 16.7. The highest BCUT2D eigenvalue weighted by Crippen LogP contribution is 2.51. The molecule has 0 aliphatic heterocycles. The van der Waals surface area contributed by atoms with E-state index in [1.54, 1.807) is 24.3 Å². The lowest BCUT2D eigenvalue weighted by atomic mass is 9.78. The van der Waals surface area contributed by atoms with Gasteiger partial charge in [-0.3, -0.25) is 9.78 Å². The van der Waals surface area contributed by atoms with Gasteiger partial charge in [0, 0.05) is 28.1 Å². The standard InChI is InChI=1S/C31H27ClF3NO4/c1-19(30(38,31(33,34)35)23-15-21-5-3-4-6-27(21)36-17-23)25-12-11-24(16-26(25)32)40-18-20-7-9-22(10-8-20)29(13-14-29)28(37)39-2/h3-12,15-17,19,38H,13-14,18H2,1-2H3. The van der Waals surface area contributed by atoms with Crippen molar-refractivity contribution in [1.82, 2.24) is 4.98 Å². The van der Waals surface area contributed by atoms with Gasteiger partial charge in [0.2, 0.25) is 0 Å². The van der Waals surface area contributed by atoms with Crippen molar-refractivity contribution in [2.24, 2.45) is 0 Å². The van der Waals surface area contributed by atoms with Crippen LogP contribution in [0, 0.1) is 0 Å². The number of nitrogens with zero attached hydrogens (tertiary/aromatic N) is 1. The lowest BCUT2D eigenvalue weighted by Crippen LogP contribution is -2.46. The minimum Gasteiger partial charge on any atom is -0.489 e. The number of rotatable bonds is 8. The first-order chi connectivity index (χ1) is 19.0. The van der Waals surface area contributed by atoms with Gasteiger partial charge >= 0.3 is 12.1 Å². The van der Waals surface area contributed by atoms with Crippen LogP contribution in [-0.4, -0.2) is 29.3 Å². The highest BCUT2D eigenvalue weighted by molar-refractivity contribution is 6.31. The van der Waals surface area contributed by atoms with E-state index < -0.39 is 23.1 Å². The molecule has 0 saturated heterocycles. The van der Waals surface area contributed by atoms with E-state index in [0.717, 1.165) is 30.2 Å². The summed E-state index contributed by atoms with van der Waals surface area (Å²) < 4.78 is 54.1. The number of hydrogen-bond acceptors (Lipinski definition) is 5. The molecule has 208 valence electrons. The van der Waals surface area contributed by atoms with E-state index in [2.05, 4.69) is 4.98 Å². The van der Waals surface area contributed by atoms with Gasteiger partial charge in [-0.25, -0.2) is 0 Å². The number of fused-ring (bicyclic) bond motifs is 1. The van der Waals surface area contributed by atoms with Crippen LogP contribution in [0.15, 0.2) is 79.0 Å². The summed E-state index contributed by atoms with van der Waals surface area (Å²) in [5.41, 5.74) is -1.80. The zero-order chi connectivity index (χ0) is 28.7. The molecule has 1 fully saturated rings. The Kier molecular flexibility index (Phi) is 7.27. The molecule has 4 aromatic rings. The number of carbonyl (C=O) groups is 1. The SMILES string of the molecule is COC(=O)C1(c2ccc(COc3ccc(C(C)C(O)(c4cnc5ccccc5c4)C(F)(F)F)c(Cl)c3)cc2)CC1. The van der Waals surface area contributed by atoms with E-state index in [4.69, 9.17) is 21.1 Å². The van der Waals surface area contributed by atoms with E-state index in [9.17, 15) is 23.1 Å². The number of para-hydroxylation sites is 1. The summed E-state index contributed by atoms with van der Waals surface area (Å²) in [5, 5.41) is 11.7. The van der Waals surface area contributed by atoms with E-state index in [1.165, 1.54) is 38.3 Å². The van der Waals surface area contributed by atoms with Gasteiger partial charge in [0.05, 0.1) is 18.0 Å². The zero-order valence-corrected chi connectivity index (χ0v) is 22.6. The second-order valence-corrected chi connectivity index (χ2v) is 10.6. The Labute approximate surface area is 234 Å². The molecule has 5 rings (SSSR count). The number of carbonyl (C=O) groups excluding carboxylic acids is 1. The fourth-order valence-corrected chi connectivity index (χ4v) is 5.46. The highest BCUT2D eigenvalue weighted by Gasteiger charge is 2.59. The number of alkyl halides is 3. The minimum atomic E-state index is -5.01. The molecule has 1 N–H and O–H groups in total. The molecule has 1 aliphatic carbocycles. The molecule has 0 radical (unpaired) electrons. The molecule has 2 unspecified atom stereocenters. The van der Waals surface area contributed by atoms with Crippen LogP contribution in [0.5, 0.6) is 5.75 Å².